The van der Waals surface area contributed by atoms with Crippen molar-refractivity contribution in [2.75, 3.05) is 0 Å². The number of halogens is 1. The van der Waals surface area contributed by atoms with Gasteiger partial charge in [0.2, 0.25) is 0 Å². The molecule has 0 aromatic heterocycles. The Labute approximate surface area is 121 Å². The minimum atomic E-state index is -1.07. The molecule has 0 saturated carbocycles. The number of ketones is 1. The van der Waals surface area contributed by atoms with Gasteiger partial charge < -0.3 is 0 Å². The number of rotatable bonds is 4. The lowest BCUT2D eigenvalue weighted by atomic mass is 9.98. The Hall–Kier alpha value is -1.49. The van der Waals surface area contributed by atoms with Crippen LogP contribution >= 0.6 is 11.8 Å². The van der Waals surface area contributed by atoms with Gasteiger partial charge in [-0.15, -0.1) is 0 Å². The van der Waals surface area contributed by atoms with E-state index in [9.17, 15) is 14.0 Å². The summed E-state index contributed by atoms with van der Waals surface area (Å²) in [5.74, 6) is -0.714. The molecule has 0 saturated heterocycles. The van der Waals surface area contributed by atoms with Gasteiger partial charge in [0.25, 0.3) is 5.91 Å². The second kappa shape index (κ2) is 5.48. The van der Waals surface area contributed by atoms with Crippen molar-refractivity contribution in [3.05, 3.63) is 35.6 Å². The highest BCUT2D eigenvalue weighted by Crippen LogP contribution is 2.38. The number of carbonyl (C=O) groups is 2. The Balaban J connectivity index is 2.08. The van der Waals surface area contributed by atoms with E-state index in [-0.39, 0.29) is 23.4 Å². The predicted octanol–water partition coefficient (Wildman–Crippen LogP) is 3.34. The molecule has 106 valence electrons. The number of benzene rings is 1. The quantitative estimate of drug-likeness (QED) is 0.800. The molecule has 0 aliphatic carbocycles. The lowest BCUT2D eigenvalue weighted by Gasteiger charge is -2.16. The molecular formula is C15H16FNO2S. The van der Waals surface area contributed by atoms with Gasteiger partial charge in [-0.2, -0.15) is 0 Å². The van der Waals surface area contributed by atoms with Crippen LogP contribution in [0.25, 0.3) is 0 Å². The van der Waals surface area contributed by atoms with Crippen LogP contribution in [0, 0.1) is 5.82 Å². The van der Waals surface area contributed by atoms with Gasteiger partial charge in [0.15, 0.2) is 10.5 Å². The Morgan fingerprint density at radius 3 is 2.50 bits per heavy atom. The number of thioether (sulfide) groups is 1. The SMILES string of the molecule is CC(=O)[C@@]1(C)SC(C[C@@H](C)c2ccc(F)cc2)=NC1=O. The summed E-state index contributed by atoms with van der Waals surface area (Å²) >= 11 is 1.23. The Kier molecular flexibility index (Phi) is 4.09. The number of aliphatic imine (C=N–C) groups is 1. The fourth-order valence-electron chi connectivity index (χ4n) is 2.00. The molecule has 1 heterocycles. The van der Waals surface area contributed by atoms with Gasteiger partial charge in [0, 0.05) is 6.42 Å². The summed E-state index contributed by atoms with van der Waals surface area (Å²) in [6.45, 7) is 5.01. The van der Waals surface area contributed by atoms with E-state index in [0.717, 1.165) is 5.56 Å². The monoisotopic (exact) mass is 293 g/mol. The number of Topliss-reactive ketones (excluding diaryl/α,β-unsaturated/α-hetero) is 1. The van der Waals surface area contributed by atoms with Gasteiger partial charge in [0.1, 0.15) is 5.82 Å². The summed E-state index contributed by atoms with van der Waals surface area (Å²) in [4.78, 5) is 27.4. The number of hydrogen-bond donors (Lipinski definition) is 0. The van der Waals surface area contributed by atoms with Crippen LogP contribution in [0.15, 0.2) is 29.3 Å². The van der Waals surface area contributed by atoms with Crippen LogP contribution in [0.4, 0.5) is 4.39 Å². The van der Waals surface area contributed by atoms with Crippen LogP contribution in [-0.4, -0.2) is 21.5 Å². The van der Waals surface area contributed by atoms with Gasteiger partial charge >= 0.3 is 0 Å². The first-order valence-corrected chi connectivity index (χ1v) is 7.22. The molecule has 0 spiro atoms. The van der Waals surface area contributed by atoms with Gasteiger partial charge in [-0.25, -0.2) is 9.38 Å². The zero-order valence-electron chi connectivity index (χ0n) is 11.6. The summed E-state index contributed by atoms with van der Waals surface area (Å²) in [5, 5.41) is 0.671. The maximum absolute atomic E-state index is 12.9. The average molecular weight is 293 g/mol. The van der Waals surface area contributed by atoms with Gasteiger partial charge in [0.05, 0.1) is 5.04 Å². The number of amides is 1. The molecular weight excluding hydrogens is 277 g/mol. The number of carbonyl (C=O) groups excluding carboxylic acids is 2. The molecule has 0 bridgehead atoms. The Bertz CT molecular complexity index is 582. The summed E-state index contributed by atoms with van der Waals surface area (Å²) in [6, 6.07) is 6.29. The highest BCUT2D eigenvalue weighted by atomic mass is 32.2. The van der Waals surface area contributed by atoms with Crippen molar-refractivity contribution in [2.24, 2.45) is 4.99 Å². The van der Waals surface area contributed by atoms with Crippen LogP contribution in [0.2, 0.25) is 0 Å². The molecule has 20 heavy (non-hydrogen) atoms. The fraction of sp³-hybridized carbons (Fsp3) is 0.400. The van der Waals surface area contributed by atoms with Gasteiger partial charge in [-0.05, 0) is 37.5 Å². The molecule has 0 radical (unpaired) electrons. The Morgan fingerprint density at radius 2 is 2.00 bits per heavy atom. The van der Waals surface area contributed by atoms with E-state index in [0.29, 0.717) is 11.5 Å². The zero-order valence-corrected chi connectivity index (χ0v) is 12.5. The van der Waals surface area contributed by atoms with Gasteiger partial charge in [-0.3, -0.25) is 9.59 Å². The molecule has 5 heteroatoms. The largest absolute Gasteiger partial charge is 0.298 e. The van der Waals surface area contributed by atoms with Crippen LogP contribution in [-0.2, 0) is 9.59 Å². The van der Waals surface area contributed by atoms with Gasteiger partial charge in [-0.1, -0.05) is 30.8 Å². The van der Waals surface area contributed by atoms with Crippen molar-refractivity contribution in [2.45, 2.75) is 37.9 Å². The first-order chi connectivity index (χ1) is 9.33. The zero-order chi connectivity index (χ0) is 14.9. The second-order valence-corrected chi connectivity index (χ2v) is 6.65. The maximum atomic E-state index is 12.9. The van der Waals surface area contributed by atoms with Crippen molar-refractivity contribution >= 4 is 28.5 Å². The first kappa shape index (κ1) is 14.9. The minimum Gasteiger partial charge on any atom is -0.298 e. The summed E-state index contributed by atoms with van der Waals surface area (Å²) in [7, 11) is 0. The third-order valence-corrected chi connectivity index (χ3v) is 4.91. The highest BCUT2D eigenvalue weighted by Gasteiger charge is 2.45. The van der Waals surface area contributed by atoms with E-state index < -0.39 is 4.75 Å². The van der Waals surface area contributed by atoms with E-state index in [1.807, 2.05) is 6.92 Å². The van der Waals surface area contributed by atoms with E-state index in [4.69, 9.17) is 0 Å². The van der Waals surface area contributed by atoms with Crippen molar-refractivity contribution in [3.8, 4) is 0 Å². The van der Waals surface area contributed by atoms with Crippen LogP contribution in [0.5, 0.6) is 0 Å². The molecule has 1 aliphatic rings. The first-order valence-electron chi connectivity index (χ1n) is 6.40. The molecule has 1 amide bonds. The molecule has 3 nitrogen and oxygen atoms in total. The molecule has 2 rings (SSSR count). The topological polar surface area (TPSA) is 46.5 Å². The van der Waals surface area contributed by atoms with Crippen molar-refractivity contribution in [3.63, 3.8) is 0 Å². The van der Waals surface area contributed by atoms with Crippen LogP contribution in [0.1, 0.15) is 38.7 Å². The standard InChI is InChI=1S/C15H16FNO2S/c1-9(11-4-6-12(16)7-5-11)8-13-17-14(19)15(3,20-13)10(2)18/h4-7,9H,8H2,1-3H3/t9-,15-/m1/s1. The van der Waals surface area contributed by atoms with E-state index in [1.165, 1.54) is 30.8 Å². The van der Waals surface area contributed by atoms with Crippen LogP contribution in [0.3, 0.4) is 0 Å². The fourth-order valence-corrected chi connectivity index (χ4v) is 3.21. The molecule has 1 aromatic rings. The third kappa shape index (κ3) is 2.82. The van der Waals surface area contributed by atoms with E-state index in [1.54, 1.807) is 19.1 Å². The molecule has 0 unspecified atom stereocenters. The molecule has 1 aromatic carbocycles. The minimum absolute atomic E-state index is 0.115. The predicted molar refractivity (Wildman–Crippen MR) is 78.6 cm³/mol. The second-order valence-electron chi connectivity index (χ2n) is 5.16. The smallest absolute Gasteiger partial charge is 0.270 e. The van der Waals surface area contributed by atoms with E-state index in [2.05, 4.69) is 4.99 Å². The lowest BCUT2D eigenvalue weighted by molar-refractivity contribution is -0.127. The molecule has 0 fully saturated rings. The van der Waals surface area contributed by atoms with E-state index >= 15 is 0 Å². The Morgan fingerprint density at radius 1 is 1.40 bits per heavy atom. The normalized spacial score (nSPS) is 23.6. The summed E-state index contributed by atoms with van der Waals surface area (Å²) < 4.78 is 11.8. The maximum Gasteiger partial charge on any atom is 0.270 e. The summed E-state index contributed by atoms with van der Waals surface area (Å²) in [6.07, 6.45) is 0.574. The third-order valence-electron chi connectivity index (χ3n) is 3.55. The number of nitrogens with zero attached hydrogens (tertiary/aromatic N) is 1. The molecule has 2 atom stereocenters. The van der Waals surface area contributed by atoms with Crippen molar-refractivity contribution < 1.29 is 14.0 Å². The van der Waals surface area contributed by atoms with Crippen LogP contribution < -0.4 is 0 Å². The average Bonchev–Trinajstić information content (AvgIpc) is 2.66. The molecule has 0 N–H and O–H groups in total. The van der Waals surface area contributed by atoms with Crippen molar-refractivity contribution in [1.82, 2.24) is 0 Å². The molecule has 1 aliphatic heterocycles. The lowest BCUT2D eigenvalue weighted by Crippen LogP contribution is -2.35. The van der Waals surface area contributed by atoms with Crippen molar-refractivity contribution in [1.29, 1.82) is 0 Å². The summed E-state index contributed by atoms with van der Waals surface area (Å²) in [5.41, 5.74) is 0.985. The number of hydrogen-bond acceptors (Lipinski definition) is 3. The highest BCUT2D eigenvalue weighted by molar-refractivity contribution is 8.16.